The molecule has 0 spiro atoms. The highest BCUT2D eigenvalue weighted by atomic mass is 16.5. The lowest BCUT2D eigenvalue weighted by atomic mass is 9.95. The minimum atomic E-state index is 0.172. The molecular weight excluding hydrogens is 424 g/mol. The summed E-state index contributed by atoms with van der Waals surface area (Å²) in [4.78, 5) is 0. The molecule has 0 saturated heterocycles. The molecule has 4 nitrogen and oxygen atoms in total. The predicted octanol–water partition coefficient (Wildman–Crippen LogP) is 7.72. The van der Waals surface area contributed by atoms with Gasteiger partial charge in [0.15, 0.2) is 0 Å². The lowest BCUT2D eigenvalue weighted by molar-refractivity contribution is 0.475. The van der Waals surface area contributed by atoms with E-state index in [-0.39, 0.29) is 17.2 Å². The summed E-state index contributed by atoms with van der Waals surface area (Å²) < 4.78 is 6.15. The minimum absolute atomic E-state index is 0.172. The van der Waals surface area contributed by atoms with Crippen molar-refractivity contribution in [3.63, 3.8) is 0 Å². The van der Waals surface area contributed by atoms with Crippen molar-refractivity contribution >= 4 is 32.3 Å². The van der Waals surface area contributed by atoms with Gasteiger partial charge in [-0.2, -0.15) is 0 Å². The molecule has 0 aromatic heterocycles. The van der Waals surface area contributed by atoms with Crippen LogP contribution in [0.1, 0.15) is 0 Å². The van der Waals surface area contributed by atoms with E-state index >= 15 is 0 Å². The molecule has 0 aliphatic carbocycles. The van der Waals surface area contributed by atoms with E-state index in [0.29, 0.717) is 17.1 Å². The Kier molecular flexibility index (Phi) is 4.52. The first-order valence-electron chi connectivity index (χ1n) is 10.9. The summed E-state index contributed by atoms with van der Waals surface area (Å²) in [6, 6.07) is 31.5. The number of ether oxygens (including phenoxy) is 1. The second-order valence-corrected chi connectivity index (χ2v) is 8.38. The maximum absolute atomic E-state index is 10.8. The summed E-state index contributed by atoms with van der Waals surface area (Å²) >= 11 is 0. The zero-order chi connectivity index (χ0) is 23.2. The highest BCUT2D eigenvalue weighted by Crippen LogP contribution is 2.40. The first-order chi connectivity index (χ1) is 16.5. The number of phenolic OH excluding ortho intramolecular Hbond substituents is 3. The van der Waals surface area contributed by atoms with Gasteiger partial charge in [0.05, 0.1) is 0 Å². The Bertz CT molecular complexity index is 1720. The Hall–Kier alpha value is -4.70. The zero-order valence-corrected chi connectivity index (χ0v) is 18.1. The fourth-order valence-corrected chi connectivity index (χ4v) is 4.46. The summed E-state index contributed by atoms with van der Waals surface area (Å²) in [7, 11) is 0. The van der Waals surface area contributed by atoms with Gasteiger partial charge in [-0.15, -0.1) is 0 Å². The molecule has 0 heterocycles. The Morgan fingerprint density at radius 3 is 1.74 bits per heavy atom. The van der Waals surface area contributed by atoms with Crippen LogP contribution < -0.4 is 4.74 Å². The van der Waals surface area contributed by atoms with Crippen molar-refractivity contribution < 1.29 is 20.1 Å². The van der Waals surface area contributed by atoms with Crippen molar-refractivity contribution in [2.75, 3.05) is 0 Å². The summed E-state index contributed by atoms with van der Waals surface area (Å²) in [5, 5.41) is 36.1. The molecule has 0 saturated carbocycles. The van der Waals surface area contributed by atoms with Crippen LogP contribution in [0.2, 0.25) is 0 Å². The van der Waals surface area contributed by atoms with Gasteiger partial charge in [-0.1, -0.05) is 42.5 Å². The van der Waals surface area contributed by atoms with Crippen LogP contribution in [-0.2, 0) is 0 Å². The average molecular weight is 444 g/mol. The molecule has 3 N–H and O–H groups in total. The van der Waals surface area contributed by atoms with E-state index < -0.39 is 0 Å². The third kappa shape index (κ3) is 3.51. The molecule has 164 valence electrons. The van der Waals surface area contributed by atoms with E-state index in [1.54, 1.807) is 30.3 Å². The molecule has 4 heteroatoms. The SMILES string of the molecule is Oc1ccc2ccc(Oc3ccc4ccc(O)c(-c5ccc6ccc(O)cc6c5)c4c3)cc2c1. The van der Waals surface area contributed by atoms with Gasteiger partial charge in [0.25, 0.3) is 0 Å². The van der Waals surface area contributed by atoms with Gasteiger partial charge in [0, 0.05) is 5.56 Å². The van der Waals surface area contributed by atoms with Crippen LogP contribution in [0.3, 0.4) is 0 Å². The third-order valence-electron chi connectivity index (χ3n) is 6.11. The van der Waals surface area contributed by atoms with Crippen molar-refractivity contribution in [1.29, 1.82) is 0 Å². The van der Waals surface area contributed by atoms with Crippen molar-refractivity contribution in [2.45, 2.75) is 0 Å². The maximum atomic E-state index is 10.8. The van der Waals surface area contributed by atoms with Crippen molar-refractivity contribution in [2.24, 2.45) is 0 Å². The number of hydrogen-bond acceptors (Lipinski definition) is 4. The fraction of sp³-hybridized carbons (Fsp3) is 0. The molecular formula is C30H20O4. The van der Waals surface area contributed by atoms with E-state index in [1.807, 2.05) is 72.8 Å². The van der Waals surface area contributed by atoms with Gasteiger partial charge in [-0.3, -0.25) is 0 Å². The van der Waals surface area contributed by atoms with Crippen LogP contribution in [0.5, 0.6) is 28.7 Å². The Labute approximate surface area is 195 Å². The van der Waals surface area contributed by atoms with E-state index in [0.717, 1.165) is 37.9 Å². The lowest BCUT2D eigenvalue weighted by Gasteiger charge is -2.13. The largest absolute Gasteiger partial charge is 0.508 e. The van der Waals surface area contributed by atoms with Crippen LogP contribution in [0.4, 0.5) is 0 Å². The zero-order valence-electron chi connectivity index (χ0n) is 18.1. The van der Waals surface area contributed by atoms with Crippen LogP contribution in [0, 0.1) is 0 Å². The molecule has 34 heavy (non-hydrogen) atoms. The Morgan fingerprint density at radius 1 is 0.441 bits per heavy atom. The maximum Gasteiger partial charge on any atom is 0.128 e. The molecule has 0 aliphatic heterocycles. The lowest BCUT2D eigenvalue weighted by Crippen LogP contribution is -1.88. The topological polar surface area (TPSA) is 69.9 Å². The fourth-order valence-electron chi connectivity index (χ4n) is 4.46. The number of hydrogen-bond donors (Lipinski definition) is 3. The average Bonchev–Trinajstić information content (AvgIpc) is 2.83. The van der Waals surface area contributed by atoms with Crippen molar-refractivity contribution in [3.8, 4) is 39.9 Å². The van der Waals surface area contributed by atoms with Gasteiger partial charge in [-0.25, -0.2) is 0 Å². The molecule has 0 unspecified atom stereocenters. The van der Waals surface area contributed by atoms with Crippen LogP contribution in [-0.4, -0.2) is 15.3 Å². The first kappa shape index (κ1) is 19.9. The van der Waals surface area contributed by atoms with E-state index in [9.17, 15) is 15.3 Å². The first-order valence-corrected chi connectivity index (χ1v) is 10.9. The molecule has 6 aromatic rings. The number of benzene rings is 6. The van der Waals surface area contributed by atoms with Crippen LogP contribution in [0.15, 0.2) is 103 Å². The molecule has 6 aromatic carbocycles. The summed E-state index contributed by atoms with van der Waals surface area (Å²) in [5.41, 5.74) is 1.55. The van der Waals surface area contributed by atoms with E-state index in [1.165, 1.54) is 0 Å². The van der Waals surface area contributed by atoms with Gasteiger partial charge in [0.1, 0.15) is 28.7 Å². The second kappa shape index (κ2) is 7.71. The molecule has 0 fully saturated rings. The number of fused-ring (bicyclic) bond motifs is 3. The number of aromatic hydroxyl groups is 3. The summed E-state index contributed by atoms with van der Waals surface area (Å²) in [6.07, 6.45) is 0. The normalized spacial score (nSPS) is 11.3. The van der Waals surface area contributed by atoms with Crippen molar-refractivity contribution in [3.05, 3.63) is 103 Å². The van der Waals surface area contributed by atoms with Gasteiger partial charge >= 0.3 is 0 Å². The number of phenols is 3. The van der Waals surface area contributed by atoms with Crippen LogP contribution >= 0.6 is 0 Å². The smallest absolute Gasteiger partial charge is 0.128 e. The molecule has 0 bridgehead atoms. The van der Waals surface area contributed by atoms with Crippen LogP contribution in [0.25, 0.3) is 43.4 Å². The third-order valence-corrected chi connectivity index (χ3v) is 6.11. The molecule has 0 atom stereocenters. The standard InChI is InChI=1S/C30H20O4/c31-24-8-3-18-1-2-21(13-22(18)14-24)30-28-17-27(11-6-20(28)7-12-29(30)33)34-26-10-5-19-4-9-25(32)15-23(19)16-26/h1-17,31-33H. The van der Waals surface area contributed by atoms with Gasteiger partial charge in [-0.05, 0) is 98.5 Å². The van der Waals surface area contributed by atoms with Gasteiger partial charge in [0.2, 0.25) is 0 Å². The Balaban J connectivity index is 1.46. The highest BCUT2D eigenvalue weighted by Gasteiger charge is 2.12. The van der Waals surface area contributed by atoms with Crippen molar-refractivity contribution in [1.82, 2.24) is 0 Å². The monoisotopic (exact) mass is 444 g/mol. The van der Waals surface area contributed by atoms with E-state index in [4.69, 9.17) is 4.74 Å². The summed E-state index contributed by atoms with van der Waals surface area (Å²) in [6.45, 7) is 0. The quantitative estimate of drug-likeness (QED) is 0.261. The van der Waals surface area contributed by atoms with E-state index in [2.05, 4.69) is 0 Å². The Morgan fingerprint density at radius 2 is 1.00 bits per heavy atom. The molecule has 6 rings (SSSR count). The van der Waals surface area contributed by atoms with Gasteiger partial charge < -0.3 is 20.1 Å². The summed E-state index contributed by atoms with van der Waals surface area (Å²) in [5.74, 6) is 1.87. The highest BCUT2D eigenvalue weighted by molar-refractivity contribution is 6.02. The number of rotatable bonds is 3. The minimum Gasteiger partial charge on any atom is -0.508 e. The molecule has 0 amide bonds. The second-order valence-electron chi connectivity index (χ2n) is 8.38. The predicted molar refractivity (Wildman–Crippen MR) is 136 cm³/mol. The molecule has 0 radical (unpaired) electrons. The molecule has 0 aliphatic rings.